The van der Waals surface area contributed by atoms with Gasteiger partial charge in [-0.25, -0.2) is 4.79 Å². The van der Waals surface area contributed by atoms with Crippen LogP contribution in [0.1, 0.15) is 25.5 Å². The van der Waals surface area contributed by atoms with Crippen molar-refractivity contribution < 1.29 is 9.53 Å². The summed E-state index contributed by atoms with van der Waals surface area (Å²) in [6.45, 7) is 5.06. The van der Waals surface area contributed by atoms with E-state index in [1.54, 1.807) is 0 Å². The van der Waals surface area contributed by atoms with Crippen LogP contribution in [0.25, 0.3) is 0 Å². The molecule has 0 bridgehead atoms. The smallest absolute Gasteiger partial charge is 0.327 e. The second-order valence-electron chi connectivity index (χ2n) is 4.82. The Morgan fingerprint density at radius 3 is 2.47 bits per heavy atom. The highest BCUT2D eigenvalue weighted by Crippen LogP contribution is 2.14. The third-order valence-corrected chi connectivity index (χ3v) is 3.15. The van der Waals surface area contributed by atoms with E-state index < -0.39 is 6.04 Å². The number of rotatable bonds is 7. The molecule has 0 amide bonds. The first-order valence-corrected chi connectivity index (χ1v) is 6.67. The average Bonchev–Trinajstić information content (AvgIpc) is 2.40. The number of nitrogens with one attached hydrogen (secondary N) is 1. The van der Waals surface area contributed by atoms with Gasteiger partial charge in [0.05, 0.1) is 6.61 Å². The van der Waals surface area contributed by atoms with Gasteiger partial charge in [-0.05, 0) is 33.5 Å². The average molecular weight is 264 g/mol. The quantitative estimate of drug-likeness (QED) is 0.763. The second kappa shape index (κ2) is 7.92. The van der Waals surface area contributed by atoms with Crippen molar-refractivity contribution in [2.24, 2.45) is 0 Å². The van der Waals surface area contributed by atoms with Crippen molar-refractivity contribution in [2.45, 2.75) is 25.9 Å². The molecule has 1 aromatic rings. The summed E-state index contributed by atoms with van der Waals surface area (Å²) < 4.78 is 5.14. The van der Waals surface area contributed by atoms with E-state index in [1.807, 2.05) is 51.4 Å². The second-order valence-corrected chi connectivity index (χ2v) is 4.82. The van der Waals surface area contributed by atoms with Crippen molar-refractivity contribution in [1.82, 2.24) is 10.2 Å². The molecule has 0 saturated carbocycles. The molecule has 0 aliphatic heterocycles. The van der Waals surface area contributed by atoms with Gasteiger partial charge in [-0.1, -0.05) is 30.3 Å². The van der Waals surface area contributed by atoms with Crippen molar-refractivity contribution in [3.05, 3.63) is 35.9 Å². The summed E-state index contributed by atoms with van der Waals surface area (Å²) >= 11 is 0. The SMILES string of the molecule is CCOC(=O)C(NCC(C)N(C)C)c1ccccc1. The molecule has 2 unspecified atom stereocenters. The van der Waals surface area contributed by atoms with Gasteiger partial charge >= 0.3 is 5.97 Å². The van der Waals surface area contributed by atoms with E-state index >= 15 is 0 Å². The molecule has 2 atom stereocenters. The molecule has 0 fully saturated rings. The van der Waals surface area contributed by atoms with Crippen molar-refractivity contribution in [3.63, 3.8) is 0 Å². The standard InChI is InChI=1S/C15H24N2O2/c1-5-19-15(18)14(13-9-7-6-8-10-13)16-11-12(2)17(3)4/h6-10,12,14,16H,5,11H2,1-4H3. The monoisotopic (exact) mass is 264 g/mol. The molecule has 1 rings (SSSR count). The molecule has 4 nitrogen and oxygen atoms in total. The zero-order chi connectivity index (χ0) is 14.3. The van der Waals surface area contributed by atoms with E-state index in [4.69, 9.17) is 4.74 Å². The molecule has 0 spiro atoms. The molecule has 0 aliphatic carbocycles. The van der Waals surface area contributed by atoms with Gasteiger partial charge in [0.1, 0.15) is 6.04 Å². The lowest BCUT2D eigenvalue weighted by Gasteiger charge is -2.24. The number of likely N-dealkylation sites (N-methyl/N-ethyl adjacent to an activating group) is 1. The van der Waals surface area contributed by atoms with Crippen LogP contribution in [0.5, 0.6) is 0 Å². The molecular formula is C15H24N2O2. The van der Waals surface area contributed by atoms with Crippen molar-refractivity contribution in [3.8, 4) is 0 Å². The van der Waals surface area contributed by atoms with Crippen molar-refractivity contribution in [2.75, 3.05) is 27.2 Å². The number of benzene rings is 1. The fourth-order valence-corrected chi connectivity index (χ4v) is 1.68. The van der Waals surface area contributed by atoms with Crippen LogP contribution in [0.15, 0.2) is 30.3 Å². The van der Waals surface area contributed by atoms with E-state index in [-0.39, 0.29) is 5.97 Å². The Labute approximate surface area is 115 Å². The number of hydrogen-bond donors (Lipinski definition) is 1. The van der Waals surface area contributed by atoms with Crippen LogP contribution in [0, 0.1) is 0 Å². The van der Waals surface area contributed by atoms with Crippen LogP contribution in [-0.2, 0) is 9.53 Å². The maximum absolute atomic E-state index is 12.0. The first kappa shape index (κ1) is 15.7. The summed E-state index contributed by atoms with van der Waals surface area (Å²) in [7, 11) is 4.04. The molecule has 0 aromatic heterocycles. The summed E-state index contributed by atoms with van der Waals surface area (Å²) in [4.78, 5) is 14.1. The number of carbonyl (C=O) groups excluding carboxylic acids is 1. The molecule has 0 aliphatic rings. The highest BCUT2D eigenvalue weighted by atomic mass is 16.5. The summed E-state index contributed by atoms with van der Waals surface area (Å²) in [5.41, 5.74) is 0.937. The van der Waals surface area contributed by atoms with Crippen LogP contribution >= 0.6 is 0 Å². The van der Waals surface area contributed by atoms with Crippen LogP contribution in [0.3, 0.4) is 0 Å². The van der Waals surface area contributed by atoms with Gasteiger partial charge < -0.3 is 9.64 Å². The van der Waals surface area contributed by atoms with Gasteiger partial charge in [0.25, 0.3) is 0 Å². The Balaban J connectivity index is 2.73. The Morgan fingerprint density at radius 2 is 1.95 bits per heavy atom. The van der Waals surface area contributed by atoms with Gasteiger partial charge in [-0.15, -0.1) is 0 Å². The summed E-state index contributed by atoms with van der Waals surface area (Å²) in [6, 6.07) is 9.62. The third kappa shape index (κ3) is 5.01. The maximum atomic E-state index is 12.0. The van der Waals surface area contributed by atoms with Crippen LogP contribution < -0.4 is 5.32 Å². The molecule has 4 heteroatoms. The van der Waals surface area contributed by atoms with E-state index in [2.05, 4.69) is 17.1 Å². The fourth-order valence-electron chi connectivity index (χ4n) is 1.68. The van der Waals surface area contributed by atoms with E-state index in [1.165, 1.54) is 0 Å². The van der Waals surface area contributed by atoms with Crippen molar-refractivity contribution >= 4 is 5.97 Å². The number of ether oxygens (including phenoxy) is 1. The topological polar surface area (TPSA) is 41.6 Å². The predicted molar refractivity (Wildman–Crippen MR) is 77.0 cm³/mol. The first-order chi connectivity index (χ1) is 9.06. The van der Waals surface area contributed by atoms with Gasteiger partial charge in [0.2, 0.25) is 0 Å². The summed E-state index contributed by atoms with van der Waals surface area (Å²) in [5.74, 6) is -0.223. The molecule has 19 heavy (non-hydrogen) atoms. The number of carbonyl (C=O) groups is 1. The Hall–Kier alpha value is -1.39. The lowest BCUT2D eigenvalue weighted by atomic mass is 10.1. The van der Waals surface area contributed by atoms with Crippen LogP contribution in [0.2, 0.25) is 0 Å². The minimum atomic E-state index is -0.399. The molecule has 0 heterocycles. The van der Waals surface area contributed by atoms with Gasteiger partial charge in [-0.3, -0.25) is 5.32 Å². The third-order valence-electron chi connectivity index (χ3n) is 3.15. The zero-order valence-corrected chi connectivity index (χ0v) is 12.2. The number of esters is 1. The van der Waals surface area contributed by atoms with E-state index in [9.17, 15) is 4.79 Å². The zero-order valence-electron chi connectivity index (χ0n) is 12.2. The normalized spacial score (nSPS) is 14.2. The lowest BCUT2D eigenvalue weighted by molar-refractivity contribution is -0.145. The molecule has 106 valence electrons. The summed E-state index contributed by atoms with van der Waals surface area (Å²) in [5, 5.41) is 3.29. The molecule has 0 radical (unpaired) electrons. The molecule has 1 aromatic carbocycles. The fraction of sp³-hybridized carbons (Fsp3) is 0.533. The number of nitrogens with zero attached hydrogens (tertiary/aromatic N) is 1. The van der Waals surface area contributed by atoms with Gasteiger partial charge in [0, 0.05) is 12.6 Å². The Bertz CT molecular complexity index is 379. The highest BCUT2D eigenvalue weighted by Gasteiger charge is 2.22. The molecule has 0 saturated heterocycles. The van der Waals surface area contributed by atoms with Gasteiger partial charge in [0.15, 0.2) is 0 Å². The van der Waals surface area contributed by atoms with Crippen molar-refractivity contribution in [1.29, 1.82) is 0 Å². The van der Waals surface area contributed by atoms with Crippen LogP contribution in [-0.4, -0.2) is 44.2 Å². The maximum Gasteiger partial charge on any atom is 0.327 e. The minimum absolute atomic E-state index is 0.223. The van der Waals surface area contributed by atoms with E-state index in [0.29, 0.717) is 12.6 Å². The Kier molecular flexibility index (Phi) is 6.53. The summed E-state index contributed by atoms with van der Waals surface area (Å²) in [6.07, 6.45) is 0. The van der Waals surface area contributed by atoms with Crippen LogP contribution in [0.4, 0.5) is 0 Å². The number of hydrogen-bond acceptors (Lipinski definition) is 4. The predicted octanol–water partition coefficient (Wildman–Crippen LogP) is 1.83. The Morgan fingerprint density at radius 1 is 1.32 bits per heavy atom. The van der Waals surface area contributed by atoms with E-state index in [0.717, 1.165) is 12.1 Å². The minimum Gasteiger partial charge on any atom is -0.465 e. The molecular weight excluding hydrogens is 240 g/mol. The van der Waals surface area contributed by atoms with Gasteiger partial charge in [-0.2, -0.15) is 0 Å². The lowest BCUT2D eigenvalue weighted by Crippen LogP contribution is -2.40. The molecule has 1 N–H and O–H groups in total. The highest BCUT2D eigenvalue weighted by molar-refractivity contribution is 5.77. The largest absolute Gasteiger partial charge is 0.465 e. The first-order valence-electron chi connectivity index (χ1n) is 6.67.